The van der Waals surface area contributed by atoms with Crippen molar-refractivity contribution in [2.24, 2.45) is 16.1 Å². The first kappa shape index (κ1) is 36.3. The van der Waals surface area contributed by atoms with Gasteiger partial charge in [-0.2, -0.15) is 10.2 Å². The molecule has 0 bridgehead atoms. The Balaban J connectivity index is 1.36. The number of amides is 4. The van der Waals surface area contributed by atoms with Gasteiger partial charge in [0, 0.05) is 36.6 Å². The summed E-state index contributed by atoms with van der Waals surface area (Å²) >= 11 is 0. The molecule has 2 aromatic rings. The number of azo groups is 1. The number of carbonyl (C=O) groups is 6. The van der Waals surface area contributed by atoms with E-state index in [2.05, 4.69) is 20.9 Å². The van der Waals surface area contributed by atoms with Crippen LogP contribution >= 0.6 is 0 Å². The zero-order valence-electron chi connectivity index (χ0n) is 27.1. The standard InChI is InChI=1S/C33H42N6O8/c1-5-46-31(44)27-19-21(30(43)39(27)32(45)47-33(2,3)4)7-6-8-28(41)35-20-26(40)17-18-29(42)36-23-13-15-25(16-14-23)38-37-24-11-9-22(34)10-12-24/h9-16,21,27H,5-8,17-20,34H2,1-4H3,(H,35,41)(H,36,42)/t21?,27-/m0/s1. The van der Waals surface area contributed by atoms with Gasteiger partial charge in [-0.3, -0.25) is 19.2 Å². The fraction of sp³-hybridized carbons (Fsp3) is 0.455. The molecule has 14 heteroatoms. The largest absolute Gasteiger partial charge is 0.464 e. The van der Waals surface area contributed by atoms with Crippen molar-refractivity contribution >= 4 is 58.3 Å². The lowest BCUT2D eigenvalue weighted by molar-refractivity contribution is -0.151. The lowest BCUT2D eigenvalue weighted by Crippen LogP contribution is -2.46. The highest BCUT2D eigenvalue weighted by Crippen LogP contribution is 2.31. The number of esters is 1. The zero-order chi connectivity index (χ0) is 34.6. The minimum atomic E-state index is -1.09. The summed E-state index contributed by atoms with van der Waals surface area (Å²) in [6.07, 6.45) is -0.401. The fourth-order valence-electron chi connectivity index (χ4n) is 4.66. The maximum atomic E-state index is 13.0. The topological polar surface area (TPSA) is 199 Å². The number of imide groups is 1. The molecule has 14 nitrogen and oxygen atoms in total. The van der Waals surface area contributed by atoms with E-state index in [0.717, 1.165) is 4.90 Å². The number of benzene rings is 2. The van der Waals surface area contributed by atoms with Gasteiger partial charge >= 0.3 is 12.1 Å². The summed E-state index contributed by atoms with van der Waals surface area (Å²) in [5.74, 6) is -2.98. The average Bonchev–Trinajstić information content (AvgIpc) is 3.34. The molecule has 47 heavy (non-hydrogen) atoms. The summed E-state index contributed by atoms with van der Waals surface area (Å²) in [6.45, 7) is 6.44. The van der Waals surface area contributed by atoms with E-state index < -0.39 is 41.4 Å². The zero-order valence-corrected chi connectivity index (χ0v) is 27.1. The summed E-state index contributed by atoms with van der Waals surface area (Å²) in [6, 6.07) is 12.6. The van der Waals surface area contributed by atoms with Gasteiger partial charge in [0.15, 0.2) is 5.78 Å². The van der Waals surface area contributed by atoms with Gasteiger partial charge in [-0.1, -0.05) is 0 Å². The SMILES string of the molecule is CCOC(=O)[C@@H]1CC(CCCC(=O)NCC(=O)CCC(=O)Nc2ccc(N=Nc3ccc(N)cc3)cc2)C(=O)N1C(=O)OC(C)(C)C. The molecule has 252 valence electrons. The number of nitrogens with one attached hydrogen (secondary N) is 2. The number of nitrogens with zero attached hydrogens (tertiary/aromatic N) is 3. The number of hydrogen-bond acceptors (Lipinski definition) is 11. The van der Waals surface area contributed by atoms with Crippen molar-refractivity contribution in [3.05, 3.63) is 48.5 Å². The first-order valence-electron chi connectivity index (χ1n) is 15.4. The molecule has 1 aliphatic heterocycles. The van der Waals surface area contributed by atoms with E-state index in [1.807, 2.05) is 0 Å². The Morgan fingerprint density at radius 1 is 0.915 bits per heavy atom. The minimum Gasteiger partial charge on any atom is -0.464 e. The van der Waals surface area contributed by atoms with Crippen LogP contribution in [0.1, 0.15) is 66.2 Å². The van der Waals surface area contributed by atoms with Gasteiger partial charge in [0.1, 0.15) is 11.6 Å². The van der Waals surface area contributed by atoms with Gasteiger partial charge in [0.05, 0.1) is 24.5 Å². The van der Waals surface area contributed by atoms with Crippen LogP contribution in [0.3, 0.4) is 0 Å². The van der Waals surface area contributed by atoms with E-state index in [-0.39, 0.29) is 63.4 Å². The van der Waals surface area contributed by atoms with Crippen molar-refractivity contribution < 1.29 is 38.2 Å². The first-order valence-corrected chi connectivity index (χ1v) is 15.4. The molecule has 1 fully saturated rings. The second-order valence-corrected chi connectivity index (χ2v) is 12.0. The van der Waals surface area contributed by atoms with Crippen molar-refractivity contribution in [1.29, 1.82) is 0 Å². The number of hydrogen-bond donors (Lipinski definition) is 3. The van der Waals surface area contributed by atoms with Gasteiger partial charge in [-0.25, -0.2) is 14.5 Å². The van der Waals surface area contributed by atoms with Crippen LogP contribution in [0.25, 0.3) is 0 Å². The number of carbonyl (C=O) groups excluding carboxylic acids is 6. The van der Waals surface area contributed by atoms with E-state index >= 15 is 0 Å². The fourth-order valence-corrected chi connectivity index (χ4v) is 4.66. The van der Waals surface area contributed by atoms with Crippen molar-refractivity contribution in [3.63, 3.8) is 0 Å². The number of nitrogen functional groups attached to an aromatic ring is 1. The smallest absolute Gasteiger partial charge is 0.417 e. The summed E-state index contributed by atoms with van der Waals surface area (Å²) in [5, 5.41) is 13.5. The Morgan fingerprint density at radius 2 is 1.53 bits per heavy atom. The number of rotatable bonds is 14. The number of ether oxygens (including phenoxy) is 2. The third-order valence-corrected chi connectivity index (χ3v) is 6.95. The molecule has 2 aromatic carbocycles. The number of nitrogens with two attached hydrogens (primary N) is 1. The number of Topliss-reactive ketones (excluding diaryl/α,β-unsaturated/α-hetero) is 1. The third-order valence-electron chi connectivity index (χ3n) is 6.95. The Hall–Kier alpha value is -5.14. The predicted molar refractivity (Wildman–Crippen MR) is 173 cm³/mol. The number of anilines is 2. The highest BCUT2D eigenvalue weighted by Gasteiger charge is 2.48. The molecule has 0 spiro atoms. The second kappa shape index (κ2) is 17.0. The van der Waals surface area contributed by atoms with Crippen LogP contribution in [0.5, 0.6) is 0 Å². The molecule has 3 rings (SSSR count). The molecule has 1 aliphatic rings. The van der Waals surface area contributed by atoms with Crippen LogP contribution in [0, 0.1) is 5.92 Å². The summed E-state index contributed by atoms with van der Waals surface area (Å²) in [5.41, 5.74) is 7.19. The van der Waals surface area contributed by atoms with Crippen molar-refractivity contribution in [1.82, 2.24) is 10.2 Å². The molecular formula is C33H42N6O8. The van der Waals surface area contributed by atoms with Crippen LogP contribution < -0.4 is 16.4 Å². The number of ketones is 1. The van der Waals surface area contributed by atoms with Gasteiger partial charge in [0.2, 0.25) is 17.7 Å². The monoisotopic (exact) mass is 650 g/mol. The van der Waals surface area contributed by atoms with Crippen molar-refractivity contribution in [3.8, 4) is 0 Å². The maximum Gasteiger partial charge on any atom is 0.417 e. The number of likely N-dealkylation sites (tertiary alicyclic amines) is 1. The molecule has 0 radical (unpaired) electrons. The third kappa shape index (κ3) is 11.9. The van der Waals surface area contributed by atoms with E-state index in [1.165, 1.54) is 0 Å². The van der Waals surface area contributed by atoms with Gasteiger partial charge in [-0.15, -0.1) is 0 Å². The Bertz CT molecular complexity index is 1470. The van der Waals surface area contributed by atoms with Crippen LogP contribution in [-0.4, -0.2) is 65.3 Å². The van der Waals surface area contributed by atoms with Crippen molar-refractivity contribution in [2.45, 2.75) is 77.9 Å². The molecular weight excluding hydrogens is 608 g/mol. The van der Waals surface area contributed by atoms with Crippen LogP contribution in [0.15, 0.2) is 58.8 Å². The summed E-state index contributed by atoms with van der Waals surface area (Å²) in [7, 11) is 0. The van der Waals surface area contributed by atoms with E-state index in [1.54, 1.807) is 76.2 Å². The highest BCUT2D eigenvalue weighted by atomic mass is 16.6. The molecule has 4 amide bonds. The summed E-state index contributed by atoms with van der Waals surface area (Å²) in [4.78, 5) is 75.9. The molecule has 1 unspecified atom stereocenters. The molecule has 4 N–H and O–H groups in total. The van der Waals surface area contributed by atoms with Gasteiger partial charge in [0.25, 0.3) is 0 Å². The van der Waals surface area contributed by atoms with Crippen LogP contribution in [-0.2, 0) is 33.4 Å². The molecule has 1 saturated heterocycles. The summed E-state index contributed by atoms with van der Waals surface area (Å²) < 4.78 is 10.4. The molecule has 0 aromatic heterocycles. The van der Waals surface area contributed by atoms with Crippen LogP contribution in [0.2, 0.25) is 0 Å². The second-order valence-electron chi connectivity index (χ2n) is 12.0. The normalized spacial score (nSPS) is 16.2. The lowest BCUT2D eigenvalue weighted by Gasteiger charge is -2.26. The highest BCUT2D eigenvalue weighted by molar-refractivity contribution is 6.00. The van der Waals surface area contributed by atoms with Crippen molar-refractivity contribution in [2.75, 3.05) is 24.2 Å². The quantitative estimate of drug-likeness (QED) is 0.143. The average molecular weight is 651 g/mol. The molecule has 0 saturated carbocycles. The predicted octanol–water partition coefficient (Wildman–Crippen LogP) is 4.97. The lowest BCUT2D eigenvalue weighted by atomic mass is 9.98. The minimum absolute atomic E-state index is 0.0313. The van der Waals surface area contributed by atoms with E-state index in [0.29, 0.717) is 22.7 Å². The Kier molecular flexibility index (Phi) is 13.1. The Labute approximate surface area is 273 Å². The van der Waals surface area contributed by atoms with E-state index in [4.69, 9.17) is 15.2 Å². The van der Waals surface area contributed by atoms with E-state index in [9.17, 15) is 28.8 Å². The van der Waals surface area contributed by atoms with Gasteiger partial charge in [-0.05, 0) is 95.5 Å². The van der Waals surface area contributed by atoms with Crippen LogP contribution in [0.4, 0.5) is 27.5 Å². The molecule has 0 aliphatic carbocycles. The molecule has 1 heterocycles. The molecule has 2 atom stereocenters. The maximum absolute atomic E-state index is 13.0. The Morgan fingerprint density at radius 3 is 2.13 bits per heavy atom. The van der Waals surface area contributed by atoms with Gasteiger partial charge < -0.3 is 25.8 Å². The first-order chi connectivity index (χ1) is 22.3.